The van der Waals surface area contributed by atoms with Gasteiger partial charge in [-0.05, 0) is 75.8 Å². The molecule has 28 heavy (non-hydrogen) atoms. The summed E-state index contributed by atoms with van der Waals surface area (Å²) in [6.07, 6.45) is -0.281. The molecule has 0 fully saturated rings. The summed E-state index contributed by atoms with van der Waals surface area (Å²) < 4.78 is 11.1. The summed E-state index contributed by atoms with van der Waals surface area (Å²) in [6, 6.07) is 12.0. The molecule has 0 saturated heterocycles. The number of hydrogen-bond donors (Lipinski definition) is 0. The molecule has 2 atom stereocenters. The fourth-order valence-corrected chi connectivity index (χ4v) is 4.14. The fourth-order valence-electron chi connectivity index (χ4n) is 3.03. The van der Waals surface area contributed by atoms with Gasteiger partial charge in [0.2, 0.25) is 0 Å². The summed E-state index contributed by atoms with van der Waals surface area (Å²) in [5, 5.41) is 1.01. The molecular weight excluding hydrogens is 362 g/mol. The molecule has 0 amide bonds. The van der Waals surface area contributed by atoms with Gasteiger partial charge >= 0.3 is 18.9 Å². The van der Waals surface area contributed by atoms with Crippen LogP contribution >= 0.6 is 8.58 Å². The van der Waals surface area contributed by atoms with Gasteiger partial charge in [-0.2, -0.15) is 0 Å². The Hall–Kier alpha value is -1.10. The van der Waals surface area contributed by atoms with Gasteiger partial charge in [0.1, 0.15) is 5.75 Å². The molecule has 0 saturated carbocycles. The van der Waals surface area contributed by atoms with Crippen molar-refractivity contribution in [2.75, 3.05) is 6.61 Å². The molecule has 0 bridgehead atoms. The van der Waals surface area contributed by atoms with Crippen molar-refractivity contribution in [3.05, 3.63) is 58.7 Å². The fraction of sp³-hybridized carbons (Fsp3) is 0.435. The third kappa shape index (κ3) is 6.75. The third-order valence-electron chi connectivity index (χ3n) is 4.44. The quantitative estimate of drug-likeness (QED) is 0.382. The molecule has 2 aromatic carbocycles. The molecule has 3 nitrogen and oxygen atoms in total. The van der Waals surface area contributed by atoms with E-state index in [-0.39, 0.29) is 44.7 Å². The second kappa shape index (κ2) is 10.6. The van der Waals surface area contributed by atoms with Crippen molar-refractivity contribution in [3.8, 4) is 5.75 Å². The van der Waals surface area contributed by atoms with Crippen molar-refractivity contribution >= 4 is 38.3 Å². The number of benzene rings is 2. The number of carbonyl (C=O) groups is 1. The molecule has 0 aliphatic rings. The van der Waals surface area contributed by atoms with Gasteiger partial charge in [-0.1, -0.05) is 45.0 Å². The second-order valence-electron chi connectivity index (χ2n) is 7.85. The maximum absolute atomic E-state index is 12.9. The van der Waals surface area contributed by atoms with Gasteiger partial charge in [-0.15, -0.1) is 0 Å². The van der Waals surface area contributed by atoms with E-state index in [1.807, 2.05) is 52.0 Å². The van der Waals surface area contributed by atoms with E-state index < -0.39 is 0 Å². The zero-order chi connectivity index (χ0) is 20.2. The normalized spacial score (nSPS) is 12.7. The summed E-state index contributed by atoms with van der Waals surface area (Å²) in [7, 11) is 0.0988. The van der Waals surface area contributed by atoms with Crippen molar-refractivity contribution in [2.45, 2.75) is 60.2 Å². The average Bonchev–Trinajstić information content (AvgIpc) is 2.55. The van der Waals surface area contributed by atoms with Crippen LogP contribution in [0.3, 0.4) is 0 Å². The van der Waals surface area contributed by atoms with Crippen LogP contribution in [0.2, 0.25) is 0 Å². The Balaban J connectivity index is 0.00000392. The number of ether oxygens (including phenoxy) is 2. The molecule has 2 unspecified atom stereocenters. The van der Waals surface area contributed by atoms with E-state index in [0.29, 0.717) is 6.61 Å². The SMILES string of the molecule is CCOC(C)Oc1ccc(PC(=O)c2c(C)cc(C(C)(C)C)cc2C)cc1.[LiH]. The minimum absolute atomic E-state index is 0. The van der Waals surface area contributed by atoms with E-state index in [4.69, 9.17) is 9.47 Å². The van der Waals surface area contributed by atoms with E-state index in [0.717, 1.165) is 27.7 Å². The third-order valence-corrected chi connectivity index (χ3v) is 5.54. The van der Waals surface area contributed by atoms with Gasteiger partial charge < -0.3 is 9.47 Å². The van der Waals surface area contributed by atoms with E-state index in [1.54, 1.807) is 0 Å². The standard InChI is InChI=1S/C23H31O3P.Li.H/c1-8-25-17(4)26-19-9-11-20(12-10-19)27-22(24)21-15(2)13-18(14-16(21)3)23(5,6)7;;/h9-14,17,27H,8H2,1-7H3;;. The van der Waals surface area contributed by atoms with Crippen LogP contribution in [0.25, 0.3) is 0 Å². The molecular formula is C23H32LiO3P. The average molecular weight is 394 g/mol. The van der Waals surface area contributed by atoms with Crippen molar-refractivity contribution in [1.82, 2.24) is 0 Å². The molecule has 0 radical (unpaired) electrons. The predicted molar refractivity (Wildman–Crippen MR) is 122 cm³/mol. The Morgan fingerprint density at radius 1 is 1.07 bits per heavy atom. The minimum atomic E-state index is -0.281. The van der Waals surface area contributed by atoms with Gasteiger partial charge in [0.05, 0.1) is 0 Å². The summed E-state index contributed by atoms with van der Waals surface area (Å²) >= 11 is 0. The summed E-state index contributed by atoms with van der Waals surface area (Å²) in [5.74, 6) is 0.749. The van der Waals surface area contributed by atoms with Crippen molar-refractivity contribution in [2.24, 2.45) is 0 Å². The first-order chi connectivity index (χ1) is 12.6. The zero-order valence-corrected chi connectivity index (χ0v) is 18.5. The van der Waals surface area contributed by atoms with Crippen LogP contribution in [-0.4, -0.2) is 37.3 Å². The van der Waals surface area contributed by atoms with Crippen LogP contribution in [0, 0.1) is 13.8 Å². The first kappa shape index (κ1) is 24.9. The zero-order valence-electron chi connectivity index (χ0n) is 17.5. The molecule has 5 heteroatoms. The number of aryl methyl sites for hydroxylation is 2. The van der Waals surface area contributed by atoms with E-state index in [1.165, 1.54) is 5.56 Å². The summed E-state index contributed by atoms with van der Waals surface area (Å²) in [4.78, 5) is 12.9. The van der Waals surface area contributed by atoms with E-state index in [2.05, 4.69) is 32.9 Å². The van der Waals surface area contributed by atoms with Crippen LogP contribution in [0.1, 0.15) is 61.7 Å². The van der Waals surface area contributed by atoms with E-state index in [9.17, 15) is 4.79 Å². The molecule has 0 heterocycles. The Morgan fingerprint density at radius 3 is 2.07 bits per heavy atom. The number of rotatable bonds is 7. The Morgan fingerprint density at radius 2 is 1.61 bits per heavy atom. The van der Waals surface area contributed by atoms with Gasteiger partial charge in [-0.3, -0.25) is 4.79 Å². The van der Waals surface area contributed by atoms with Gasteiger partial charge in [0.15, 0.2) is 11.8 Å². The summed E-state index contributed by atoms with van der Waals surface area (Å²) in [6.45, 7) is 15.1. The topological polar surface area (TPSA) is 35.5 Å². The van der Waals surface area contributed by atoms with E-state index >= 15 is 0 Å². The van der Waals surface area contributed by atoms with Gasteiger partial charge in [-0.25, -0.2) is 0 Å². The van der Waals surface area contributed by atoms with Crippen LogP contribution in [-0.2, 0) is 10.2 Å². The molecule has 0 aliphatic carbocycles. The van der Waals surface area contributed by atoms with Crippen molar-refractivity contribution in [1.29, 1.82) is 0 Å². The Kier molecular flexibility index (Phi) is 9.45. The molecule has 2 rings (SSSR count). The second-order valence-corrected chi connectivity index (χ2v) is 9.14. The van der Waals surface area contributed by atoms with Crippen LogP contribution in [0.5, 0.6) is 5.75 Å². The molecule has 0 spiro atoms. The Labute approximate surface area is 183 Å². The van der Waals surface area contributed by atoms with Crippen molar-refractivity contribution in [3.63, 3.8) is 0 Å². The molecule has 0 aliphatic heterocycles. The van der Waals surface area contributed by atoms with Crippen LogP contribution < -0.4 is 10.0 Å². The van der Waals surface area contributed by atoms with Crippen LogP contribution in [0.15, 0.2) is 36.4 Å². The number of carbonyl (C=O) groups excluding carboxylic acids is 1. The molecule has 2 aromatic rings. The van der Waals surface area contributed by atoms with Gasteiger partial charge in [0, 0.05) is 12.2 Å². The van der Waals surface area contributed by atoms with Gasteiger partial charge in [0.25, 0.3) is 0 Å². The molecule has 0 N–H and O–H groups in total. The Bertz CT molecular complexity index is 771. The maximum atomic E-state index is 12.9. The monoisotopic (exact) mass is 394 g/mol. The molecule has 0 aromatic heterocycles. The van der Waals surface area contributed by atoms with Crippen molar-refractivity contribution < 1.29 is 14.3 Å². The van der Waals surface area contributed by atoms with Crippen LogP contribution in [0.4, 0.5) is 0 Å². The molecule has 148 valence electrons. The number of hydrogen-bond acceptors (Lipinski definition) is 3. The predicted octanol–water partition coefficient (Wildman–Crippen LogP) is 4.86. The summed E-state index contributed by atoms with van der Waals surface area (Å²) in [5.41, 5.74) is 4.50. The first-order valence-corrected chi connectivity index (χ1v) is 10.4. The first-order valence-electron chi connectivity index (χ1n) is 9.43.